The molecule has 1 atom stereocenters. The van der Waals surface area contributed by atoms with E-state index in [4.69, 9.17) is 9.84 Å². The van der Waals surface area contributed by atoms with Gasteiger partial charge in [-0.25, -0.2) is 4.98 Å². The summed E-state index contributed by atoms with van der Waals surface area (Å²) in [5.41, 5.74) is 1.15. The summed E-state index contributed by atoms with van der Waals surface area (Å²) in [4.78, 5) is 20.1. The number of ether oxygens (including phenoxy) is 1. The van der Waals surface area contributed by atoms with Crippen LogP contribution in [0.3, 0.4) is 0 Å². The van der Waals surface area contributed by atoms with Crippen LogP contribution < -0.4 is 15.4 Å². The summed E-state index contributed by atoms with van der Waals surface area (Å²) in [6, 6.07) is 8.81. The zero-order valence-corrected chi connectivity index (χ0v) is 14.6. The molecular weight excluding hydrogens is 340 g/mol. The number of nitrogens with one attached hydrogen (secondary N) is 2. The van der Waals surface area contributed by atoms with Gasteiger partial charge in [-0.05, 0) is 25.1 Å². The van der Waals surface area contributed by atoms with E-state index in [2.05, 4.69) is 20.6 Å². The minimum Gasteiger partial charge on any atom is -0.457 e. The first kappa shape index (κ1) is 17.1. The number of hydrogen-bond donors (Lipinski definition) is 3. The van der Waals surface area contributed by atoms with Crippen LogP contribution in [0.25, 0.3) is 10.2 Å². The van der Waals surface area contributed by atoms with E-state index in [-0.39, 0.29) is 18.6 Å². The average molecular weight is 358 g/mol. The maximum absolute atomic E-state index is 11.6. The quantitative estimate of drug-likeness (QED) is 0.627. The van der Waals surface area contributed by atoms with Gasteiger partial charge in [0.05, 0.1) is 16.8 Å². The van der Waals surface area contributed by atoms with E-state index in [1.165, 1.54) is 17.5 Å². The lowest BCUT2D eigenvalue weighted by Gasteiger charge is -2.07. The number of aromatic nitrogens is 2. The van der Waals surface area contributed by atoms with Gasteiger partial charge < -0.3 is 20.5 Å². The average Bonchev–Trinajstić information content (AvgIpc) is 3.02. The van der Waals surface area contributed by atoms with Crippen LogP contribution in [0.4, 0.5) is 5.13 Å². The van der Waals surface area contributed by atoms with Crippen molar-refractivity contribution >= 4 is 32.6 Å². The molecular formula is C17H18N4O3S. The fourth-order valence-corrected chi connectivity index (χ4v) is 3.16. The number of anilines is 1. The van der Waals surface area contributed by atoms with Gasteiger partial charge in [0, 0.05) is 31.4 Å². The minimum absolute atomic E-state index is 0.0417. The molecule has 0 bridgehead atoms. The van der Waals surface area contributed by atoms with Crippen molar-refractivity contribution in [1.29, 1.82) is 0 Å². The minimum atomic E-state index is -0.267. The van der Waals surface area contributed by atoms with Crippen LogP contribution in [0, 0.1) is 0 Å². The summed E-state index contributed by atoms with van der Waals surface area (Å²) in [6.07, 6.45) is 1.53. The number of aliphatic hydroxyl groups is 1. The monoisotopic (exact) mass is 358 g/mol. The second-order valence-electron chi connectivity index (χ2n) is 5.43. The Morgan fingerprint density at radius 1 is 1.32 bits per heavy atom. The van der Waals surface area contributed by atoms with Gasteiger partial charge in [0.1, 0.15) is 17.2 Å². The van der Waals surface area contributed by atoms with Gasteiger partial charge >= 0.3 is 0 Å². The predicted octanol–water partition coefficient (Wildman–Crippen LogP) is 2.64. The maximum Gasteiger partial charge on any atom is 0.269 e. The lowest BCUT2D eigenvalue weighted by Crippen LogP contribution is -2.18. The Balaban J connectivity index is 1.81. The Bertz CT molecular complexity index is 896. The Labute approximate surface area is 148 Å². The topological polar surface area (TPSA) is 96.4 Å². The largest absolute Gasteiger partial charge is 0.457 e. The number of rotatable bonds is 6. The first-order valence-electron chi connectivity index (χ1n) is 7.73. The molecule has 0 fully saturated rings. The third-order valence-corrected chi connectivity index (χ3v) is 4.38. The number of nitrogens with zero attached hydrogens (tertiary/aromatic N) is 2. The summed E-state index contributed by atoms with van der Waals surface area (Å²) in [6.45, 7) is 1.92. The third-order valence-electron chi connectivity index (χ3n) is 3.43. The van der Waals surface area contributed by atoms with E-state index < -0.39 is 0 Å². The second kappa shape index (κ2) is 7.45. The molecule has 3 aromatic rings. The molecule has 0 saturated carbocycles. The normalized spacial score (nSPS) is 12.0. The summed E-state index contributed by atoms with van der Waals surface area (Å²) in [7, 11) is 1.55. The van der Waals surface area contributed by atoms with Crippen molar-refractivity contribution in [1.82, 2.24) is 15.3 Å². The molecule has 0 saturated heterocycles. The van der Waals surface area contributed by atoms with E-state index >= 15 is 0 Å². The van der Waals surface area contributed by atoms with E-state index in [9.17, 15) is 4.79 Å². The number of amides is 1. The van der Waals surface area contributed by atoms with Gasteiger partial charge in [-0.1, -0.05) is 11.3 Å². The fraction of sp³-hybridized carbons (Fsp3) is 0.235. The highest BCUT2D eigenvalue weighted by molar-refractivity contribution is 7.22. The molecule has 2 heterocycles. The predicted molar refractivity (Wildman–Crippen MR) is 97.5 cm³/mol. The smallest absolute Gasteiger partial charge is 0.269 e. The number of pyridine rings is 1. The highest BCUT2D eigenvalue weighted by Gasteiger charge is 2.10. The van der Waals surface area contributed by atoms with Crippen LogP contribution in [-0.2, 0) is 0 Å². The highest BCUT2D eigenvalue weighted by atomic mass is 32.1. The van der Waals surface area contributed by atoms with Gasteiger partial charge in [0.25, 0.3) is 5.91 Å². The number of carbonyl (C=O) groups is 1. The number of hydrogen-bond acceptors (Lipinski definition) is 7. The van der Waals surface area contributed by atoms with E-state index in [1.54, 1.807) is 19.2 Å². The number of carbonyl (C=O) groups excluding carboxylic acids is 1. The zero-order valence-electron chi connectivity index (χ0n) is 13.8. The van der Waals surface area contributed by atoms with Crippen molar-refractivity contribution in [2.45, 2.75) is 13.0 Å². The Hall–Kier alpha value is -2.71. The molecule has 3 rings (SSSR count). The molecule has 2 aromatic heterocycles. The van der Waals surface area contributed by atoms with Gasteiger partial charge in [-0.2, -0.15) is 0 Å². The van der Waals surface area contributed by atoms with Crippen molar-refractivity contribution < 1.29 is 14.6 Å². The molecule has 0 aliphatic heterocycles. The van der Waals surface area contributed by atoms with Crippen molar-refractivity contribution in [3.63, 3.8) is 0 Å². The maximum atomic E-state index is 11.6. The fourth-order valence-electron chi connectivity index (χ4n) is 2.15. The molecule has 1 aromatic carbocycles. The summed E-state index contributed by atoms with van der Waals surface area (Å²) in [5, 5.41) is 15.5. The van der Waals surface area contributed by atoms with Crippen molar-refractivity contribution in [3.05, 3.63) is 42.2 Å². The van der Waals surface area contributed by atoms with Gasteiger partial charge in [-0.15, -0.1) is 0 Å². The molecule has 0 aliphatic carbocycles. The lowest BCUT2D eigenvalue weighted by atomic mass is 10.3. The Morgan fingerprint density at radius 2 is 2.12 bits per heavy atom. The van der Waals surface area contributed by atoms with Gasteiger partial charge in [0.2, 0.25) is 0 Å². The molecule has 0 radical (unpaired) electrons. The van der Waals surface area contributed by atoms with Crippen LogP contribution in [0.2, 0.25) is 0 Å². The van der Waals surface area contributed by atoms with Crippen LogP contribution in [0.15, 0.2) is 36.5 Å². The van der Waals surface area contributed by atoms with E-state index in [0.29, 0.717) is 17.2 Å². The van der Waals surface area contributed by atoms with Crippen molar-refractivity contribution in [2.75, 3.05) is 19.0 Å². The molecule has 0 spiro atoms. The van der Waals surface area contributed by atoms with Gasteiger partial charge in [0.15, 0.2) is 5.13 Å². The number of fused-ring (bicyclic) bond motifs is 1. The molecule has 1 amide bonds. The number of benzene rings is 1. The molecule has 25 heavy (non-hydrogen) atoms. The van der Waals surface area contributed by atoms with Crippen LogP contribution in [0.5, 0.6) is 11.5 Å². The molecule has 130 valence electrons. The molecule has 0 aliphatic rings. The van der Waals surface area contributed by atoms with Crippen molar-refractivity contribution in [2.24, 2.45) is 0 Å². The van der Waals surface area contributed by atoms with Crippen LogP contribution >= 0.6 is 11.3 Å². The summed E-state index contributed by atoms with van der Waals surface area (Å²) in [5.74, 6) is 0.911. The molecule has 7 nitrogen and oxygen atoms in total. The van der Waals surface area contributed by atoms with Crippen LogP contribution in [-0.4, -0.2) is 40.7 Å². The van der Waals surface area contributed by atoms with E-state index in [0.717, 1.165) is 15.3 Å². The standard InChI is InChI=1S/C17H18N4O3S/c1-10(9-22)20-17-21-13-4-3-11(8-15(13)25-17)24-12-5-6-19-14(7-12)16(23)18-2/h3-8,10,22H,9H2,1-2H3,(H,18,23)(H,20,21)/t10-/m0/s1. The van der Waals surface area contributed by atoms with Gasteiger partial charge in [-0.3, -0.25) is 9.78 Å². The van der Waals surface area contributed by atoms with Crippen molar-refractivity contribution in [3.8, 4) is 11.5 Å². The Kier molecular flexibility index (Phi) is 5.11. The third kappa shape index (κ3) is 4.04. The number of aliphatic hydroxyl groups excluding tert-OH is 1. The lowest BCUT2D eigenvalue weighted by molar-refractivity contribution is 0.0958. The first-order chi connectivity index (χ1) is 12.1. The van der Waals surface area contributed by atoms with E-state index in [1.807, 2.05) is 25.1 Å². The SMILES string of the molecule is CNC(=O)c1cc(Oc2ccc3nc(N[C@@H](C)CO)sc3c2)ccn1. The molecule has 0 unspecified atom stereocenters. The highest BCUT2D eigenvalue weighted by Crippen LogP contribution is 2.31. The first-order valence-corrected chi connectivity index (χ1v) is 8.54. The summed E-state index contributed by atoms with van der Waals surface area (Å²) < 4.78 is 6.80. The Morgan fingerprint density at radius 3 is 2.88 bits per heavy atom. The second-order valence-corrected chi connectivity index (χ2v) is 6.47. The zero-order chi connectivity index (χ0) is 17.8. The molecule has 3 N–H and O–H groups in total. The molecule has 8 heteroatoms. The number of thiazole rings is 1. The van der Waals surface area contributed by atoms with Crippen LogP contribution in [0.1, 0.15) is 17.4 Å². The summed E-state index contributed by atoms with van der Waals surface area (Å²) >= 11 is 1.49.